The summed E-state index contributed by atoms with van der Waals surface area (Å²) in [7, 11) is 0. The molecule has 5 nitrogen and oxygen atoms in total. The van der Waals surface area contributed by atoms with Gasteiger partial charge in [0.05, 0.1) is 28.0 Å². The van der Waals surface area contributed by atoms with Crippen LogP contribution in [0.2, 0.25) is 5.02 Å². The average Bonchev–Trinajstić information content (AvgIpc) is 3.03. The maximum atomic E-state index is 12.6. The van der Waals surface area contributed by atoms with Crippen molar-refractivity contribution in [1.82, 2.24) is 14.1 Å². The van der Waals surface area contributed by atoms with Gasteiger partial charge in [0, 0.05) is 5.56 Å². The molecule has 3 rings (SSSR count). The van der Waals surface area contributed by atoms with Crippen LogP contribution in [-0.4, -0.2) is 19.8 Å². The van der Waals surface area contributed by atoms with E-state index < -0.39 is 17.6 Å². The highest BCUT2D eigenvalue weighted by Gasteiger charge is 2.30. The maximum Gasteiger partial charge on any atom is 0.416 e. The monoisotopic (exact) mass is 416 g/mol. The van der Waals surface area contributed by atoms with Gasteiger partial charge in [-0.25, -0.2) is 0 Å². The summed E-state index contributed by atoms with van der Waals surface area (Å²) in [5.41, 5.74) is 0.821. The first kappa shape index (κ1) is 18.5. The van der Waals surface area contributed by atoms with Gasteiger partial charge in [-0.2, -0.15) is 21.9 Å². The van der Waals surface area contributed by atoms with Crippen LogP contribution in [0.5, 0.6) is 0 Å². The van der Waals surface area contributed by atoms with Crippen molar-refractivity contribution < 1.29 is 18.0 Å². The molecule has 0 bridgehead atoms. The molecule has 134 valence electrons. The molecule has 0 atom stereocenters. The third-order valence-corrected chi connectivity index (χ3v) is 4.36. The van der Waals surface area contributed by atoms with Gasteiger partial charge in [0.1, 0.15) is 11.0 Å². The van der Waals surface area contributed by atoms with Crippen molar-refractivity contribution in [3.8, 4) is 0 Å². The molecule has 0 saturated heterocycles. The number of hydrogen-bond acceptors (Lipinski definition) is 5. The number of benzene rings is 2. The van der Waals surface area contributed by atoms with Gasteiger partial charge >= 0.3 is 6.18 Å². The zero-order chi connectivity index (χ0) is 18.9. The number of hydrogen-bond donors (Lipinski definition) is 2. The molecule has 2 N–H and O–H groups in total. The van der Waals surface area contributed by atoms with Crippen molar-refractivity contribution >= 4 is 63.3 Å². The fourth-order valence-electron chi connectivity index (χ4n) is 2.05. The number of amides is 1. The lowest BCUT2D eigenvalue weighted by molar-refractivity contribution is -0.137. The van der Waals surface area contributed by atoms with Gasteiger partial charge in [-0.3, -0.25) is 10.1 Å². The first-order valence-corrected chi connectivity index (χ1v) is 8.47. The number of anilines is 1. The summed E-state index contributed by atoms with van der Waals surface area (Å²) < 4.78 is 46.0. The highest BCUT2D eigenvalue weighted by molar-refractivity contribution is 7.80. The molecular formula is C15H8ClF3N4OS2. The molecule has 26 heavy (non-hydrogen) atoms. The lowest BCUT2D eigenvalue weighted by Gasteiger charge is -2.13. The summed E-state index contributed by atoms with van der Waals surface area (Å²) in [6.07, 6.45) is -4.50. The van der Waals surface area contributed by atoms with Crippen LogP contribution in [0.15, 0.2) is 36.4 Å². The van der Waals surface area contributed by atoms with E-state index >= 15 is 0 Å². The van der Waals surface area contributed by atoms with Crippen LogP contribution in [0.3, 0.4) is 0 Å². The number of aromatic nitrogens is 2. The Balaban J connectivity index is 1.69. The van der Waals surface area contributed by atoms with E-state index in [9.17, 15) is 18.0 Å². The Labute approximate surface area is 159 Å². The second-order valence-electron chi connectivity index (χ2n) is 5.07. The van der Waals surface area contributed by atoms with Crippen molar-refractivity contribution in [3.63, 3.8) is 0 Å². The number of carbonyl (C=O) groups is 1. The molecule has 1 aromatic heterocycles. The molecule has 11 heteroatoms. The van der Waals surface area contributed by atoms with Crippen LogP contribution in [-0.2, 0) is 6.18 Å². The third kappa shape index (κ3) is 4.09. The molecule has 0 spiro atoms. The Bertz CT molecular complexity index is 1010. The zero-order valence-corrected chi connectivity index (χ0v) is 15.0. The minimum absolute atomic E-state index is 0.104. The highest BCUT2D eigenvalue weighted by atomic mass is 35.5. The van der Waals surface area contributed by atoms with Crippen LogP contribution >= 0.6 is 35.5 Å². The summed E-state index contributed by atoms with van der Waals surface area (Å²) in [5.74, 6) is -0.500. The maximum absolute atomic E-state index is 12.6. The predicted octanol–water partition coefficient (Wildman–Crippen LogP) is 4.49. The van der Waals surface area contributed by atoms with E-state index in [0.717, 1.165) is 29.9 Å². The topological polar surface area (TPSA) is 66.9 Å². The smallest absolute Gasteiger partial charge is 0.331 e. The minimum atomic E-state index is -4.50. The van der Waals surface area contributed by atoms with Crippen LogP contribution in [0.4, 0.5) is 18.9 Å². The first-order chi connectivity index (χ1) is 12.2. The van der Waals surface area contributed by atoms with Crippen LogP contribution in [0.1, 0.15) is 15.9 Å². The largest absolute Gasteiger partial charge is 0.416 e. The number of fused-ring (bicyclic) bond motifs is 1. The summed E-state index contributed by atoms with van der Waals surface area (Å²) in [5, 5.41) is 4.75. The number of nitrogens with zero attached hydrogens (tertiary/aromatic N) is 2. The standard InChI is InChI=1S/C15H8ClF3N4OS2/c16-9-6-8(15(17,18)19)2-4-10(9)20-14(25)21-13(24)7-1-3-11-12(5-7)23-26-22-11/h1-6H,(H2,20,21,24,25). The van der Waals surface area contributed by atoms with Gasteiger partial charge in [0.25, 0.3) is 5.91 Å². The van der Waals surface area contributed by atoms with Crippen molar-refractivity contribution in [3.05, 3.63) is 52.5 Å². The molecule has 1 heterocycles. The van der Waals surface area contributed by atoms with Gasteiger partial charge in [-0.05, 0) is 48.6 Å². The molecule has 0 radical (unpaired) electrons. The summed E-state index contributed by atoms with van der Waals surface area (Å²) in [6.45, 7) is 0. The second kappa shape index (κ2) is 7.14. The van der Waals surface area contributed by atoms with Crippen molar-refractivity contribution in [2.45, 2.75) is 6.18 Å². The Morgan fingerprint density at radius 3 is 2.54 bits per heavy atom. The number of nitrogens with one attached hydrogen (secondary N) is 2. The number of alkyl halides is 3. The van der Waals surface area contributed by atoms with E-state index in [1.807, 2.05) is 0 Å². The van der Waals surface area contributed by atoms with E-state index in [4.69, 9.17) is 23.8 Å². The Morgan fingerprint density at radius 1 is 1.12 bits per heavy atom. The van der Waals surface area contributed by atoms with Gasteiger partial charge < -0.3 is 5.32 Å². The molecule has 1 amide bonds. The van der Waals surface area contributed by atoms with E-state index in [1.165, 1.54) is 0 Å². The SMILES string of the molecule is O=C(NC(=S)Nc1ccc(C(F)(F)F)cc1Cl)c1ccc2nsnc2c1. The zero-order valence-electron chi connectivity index (χ0n) is 12.6. The van der Waals surface area contributed by atoms with Gasteiger partial charge in [0.2, 0.25) is 0 Å². The molecule has 0 saturated carbocycles. The molecule has 0 aliphatic rings. The lowest BCUT2D eigenvalue weighted by atomic mass is 10.2. The fraction of sp³-hybridized carbons (Fsp3) is 0.0667. The number of carbonyl (C=O) groups excluding carboxylic acids is 1. The van der Waals surface area contributed by atoms with Crippen LogP contribution in [0, 0.1) is 0 Å². The quantitative estimate of drug-likeness (QED) is 0.602. The Morgan fingerprint density at radius 2 is 1.85 bits per heavy atom. The number of halogens is 4. The van der Waals surface area contributed by atoms with Crippen molar-refractivity contribution in [2.24, 2.45) is 0 Å². The second-order valence-corrected chi connectivity index (χ2v) is 6.41. The number of thiocarbonyl (C=S) groups is 1. The van der Waals surface area contributed by atoms with Crippen molar-refractivity contribution in [1.29, 1.82) is 0 Å². The normalized spacial score (nSPS) is 11.4. The molecule has 0 aliphatic carbocycles. The Hall–Kier alpha value is -2.30. The Kier molecular flexibility index (Phi) is 5.08. The summed E-state index contributed by atoms with van der Waals surface area (Å²) in [6, 6.07) is 7.54. The van der Waals surface area contributed by atoms with Gasteiger partial charge in [0.15, 0.2) is 5.11 Å². The van der Waals surface area contributed by atoms with Crippen molar-refractivity contribution in [2.75, 3.05) is 5.32 Å². The first-order valence-electron chi connectivity index (χ1n) is 6.95. The van der Waals surface area contributed by atoms with Gasteiger partial charge in [-0.1, -0.05) is 11.6 Å². The van der Waals surface area contributed by atoms with E-state index in [0.29, 0.717) is 16.6 Å². The molecule has 2 aromatic carbocycles. The molecule has 0 aliphatic heterocycles. The highest BCUT2D eigenvalue weighted by Crippen LogP contribution is 2.33. The fourth-order valence-corrected chi connectivity index (χ4v) is 2.99. The third-order valence-electron chi connectivity index (χ3n) is 3.29. The van der Waals surface area contributed by atoms with Gasteiger partial charge in [-0.15, -0.1) is 0 Å². The molecule has 0 fully saturated rings. The molecular weight excluding hydrogens is 409 g/mol. The van der Waals surface area contributed by atoms with E-state index in [-0.39, 0.29) is 15.8 Å². The minimum Gasteiger partial charge on any atom is -0.331 e. The van der Waals surface area contributed by atoms with E-state index in [1.54, 1.807) is 18.2 Å². The molecule has 3 aromatic rings. The molecule has 0 unspecified atom stereocenters. The van der Waals surface area contributed by atoms with E-state index in [2.05, 4.69) is 19.4 Å². The summed E-state index contributed by atoms with van der Waals surface area (Å²) in [4.78, 5) is 12.2. The van der Waals surface area contributed by atoms with Crippen LogP contribution in [0.25, 0.3) is 11.0 Å². The van der Waals surface area contributed by atoms with Crippen LogP contribution < -0.4 is 10.6 Å². The average molecular weight is 417 g/mol. The lowest BCUT2D eigenvalue weighted by Crippen LogP contribution is -2.34. The summed E-state index contributed by atoms with van der Waals surface area (Å²) >= 11 is 11.9. The number of rotatable bonds is 2. The predicted molar refractivity (Wildman–Crippen MR) is 97.6 cm³/mol.